The minimum Gasteiger partial charge on any atom is -0.392 e. The second kappa shape index (κ2) is 4.19. The van der Waals surface area contributed by atoms with Crippen molar-refractivity contribution in [1.29, 1.82) is 0 Å². The molecule has 3 heteroatoms. The van der Waals surface area contributed by atoms with Gasteiger partial charge >= 0.3 is 0 Å². The van der Waals surface area contributed by atoms with Crippen LogP contribution in [0.25, 0.3) is 0 Å². The predicted molar refractivity (Wildman–Crippen MR) is 60.9 cm³/mol. The maximum atomic E-state index is 9.02. The monoisotopic (exact) mass is 206 g/mol. The zero-order valence-electron chi connectivity index (χ0n) is 9.40. The van der Waals surface area contributed by atoms with Crippen molar-refractivity contribution in [3.8, 4) is 0 Å². The quantitative estimate of drug-likeness (QED) is 0.802. The summed E-state index contributed by atoms with van der Waals surface area (Å²) in [4.78, 5) is 6.81. The number of aliphatic hydroxyl groups excluding tert-OH is 1. The van der Waals surface area contributed by atoms with Gasteiger partial charge in [-0.2, -0.15) is 0 Å². The summed E-state index contributed by atoms with van der Waals surface area (Å²) in [6.45, 7) is 5.48. The first-order valence-electron chi connectivity index (χ1n) is 5.55. The van der Waals surface area contributed by atoms with Crippen molar-refractivity contribution in [2.45, 2.75) is 39.3 Å². The second-order valence-corrected chi connectivity index (χ2v) is 4.33. The van der Waals surface area contributed by atoms with E-state index in [0.717, 1.165) is 23.5 Å². The van der Waals surface area contributed by atoms with Crippen LogP contribution in [-0.2, 0) is 6.61 Å². The van der Waals surface area contributed by atoms with Crippen molar-refractivity contribution in [1.82, 2.24) is 4.98 Å². The average molecular weight is 206 g/mol. The third-order valence-electron chi connectivity index (χ3n) is 3.11. The molecule has 0 aromatic carbocycles. The number of nitrogens with zero attached hydrogens (tertiary/aromatic N) is 2. The van der Waals surface area contributed by atoms with E-state index in [1.54, 1.807) is 6.20 Å². The van der Waals surface area contributed by atoms with E-state index >= 15 is 0 Å². The molecule has 2 heterocycles. The molecule has 1 unspecified atom stereocenters. The Hall–Kier alpha value is -1.09. The Balaban J connectivity index is 2.28. The van der Waals surface area contributed by atoms with Crippen molar-refractivity contribution >= 4 is 5.82 Å². The van der Waals surface area contributed by atoms with Gasteiger partial charge in [-0.3, -0.25) is 0 Å². The van der Waals surface area contributed by atoms with Crippen LogP contribution in [0.5, 0.6) is 0 Å². The van der Waals surface area contributed by atoms with Crippen LogP contribution in [0.15, 0.2) is 12.3 Å². The third kappa shape index (κ3) is 1.97. The average Bonchev–Trinajstić information content (AvgIpc) is 2.64. The Bertz CT molecular complexity index is 351. The number of pyridine rings is 1. The van der Waals surface area contributed by atoms with Gasteiger partial charge < -0.3 is 10.0 Å². The molecule has 0 saturated carbocycles. The van der Waals surface area contributed by atoms with E-state index in [-0.39, 0.29) is 6.61 Å². The van der Waals surface area contributed by atoms with Gasteiger partial charge in [0.05, 0.1) is 6.61 Å². The number of aromatic nitrogens is 1. The number of rotatable bonds is 2. The number of anilines is 1. The number of hydrogen-bond donors (Lipinski definition) is 1. The SMILES string of the molecule is Cc1cc(CO)cnc1N1CCCC1C. The third-order valence-corrected chi connectivity index (χ3v) is 3.11. The molecule has 82 valence electrons. The molecule has 15 heavy (non-hydrogen) atoms. The van der Waals surface area contributed by atoms with E-state index < -0.39 is 0 Å². The van der Waals surface area contributed by atoms with Crippen LogP contribution in [0.1, 0.15) is 30.9 Å². The van der Waals surface area contributed by atoms with Crippen molar-refractivity contribution in [2.75, 3.05) is 11.4 Å². The maximum Gasteiger partial charge on any atom is 0.131 e. The molecule has 1 aliphatic rings. The minimum atomic E-state index is 0.0731. The lowest BCUT2D eigenvalue weighted by atomic mass is 10.2. The summed E-state index contributed by atoms with van der Waals surface area (Å²) < 4.78 is 0. The summed E-state index contributed by atoms with van der Waals surface area (Å²) in [6, 6.07) is 2.61. The highest BCUT2D eigenvalue weighted by Crippen LogP contribution is 2.26. The van der Waals surface area contributed by atoms with Crippen molar-refractivity contribution in [3.63, 3.8) is 0 Å². The van der Waals surface area contributed by atoms with Crippen molar-refractivity contribution in [3.05, 3.63) is 23.4 Å². The summed E-state index contributed by atoms with van der Waals surface area (Å²) in [5, 5.41) is 9.02. The van der Waals surface area contributed by atoms with E-state index in [1.807, 2.05) is 6.07 Å². The smallest absolute Gasteiger partial charge is 0.131 e. The van der Waals surface area contributed by atoms with E-state index in [0.29, 0.717) is 6.04 Å². The fourth-order valence-corrected chi connectivity index (χ4v) is 2.26. The Kier molecular flexibility index (Phi) is 2.91. The molecule has 1 atom stereocenters. The van der Waals surface area contributed by atoms with Gasteiger partial charge in [0.15, 0.2) is 0 Å². The molecule has 1 aromatic heterocycles. The van der Waals surface area contributed by atoms with Crippen LogP contribution in [0.2, 0.25) is 0 Å². The normalized spacial score (nSPS) is 21.0. The standard InChI is InChI=1S/C12H18N2O/c1-9-6-11(8-15)7-13-12(9)14-5-3-4-10(14)2/h6-7,10,15H,3-5,8H2,1-2H3. The Labute approximate surface area is 90.8 Å². The largest absolute Gasteiger partial charge is 0.392 e. The first kappa shape index (κ1) is 10.4. The van der Waals surface area contributed by atoms with Crippen molar-refractivity contribution in [2.24, 2.45) is 0 Å². The highest BCUT2D eigenvalue weighted by Gasteiger charge is 2.22. The molecular weight excluding hydrogens is 188 g/mol. The second-order valence-electron chi connectivity index (χ2n) is 4.33. The summed E-state index contributed by atoms with van der Waals surface area (Å²) in [5.74, 6) is 1.08. The first-order chi connectivity index (χ1) is 7.22. The highest BCUT2D eigenvalue weighted by atomic mass is 16.3. The molecule has 1 fully saturated rings. The lowest BCUT2D eigenvalue weighted by Crippen LogP contribution is -2.27. The molecule has 0 bridgehead atoms. The molecule has 0 aliphatic carbocycles. The van der Waals surface area contributed by atoms with Gasteiger partial charge in [0.25, 0.3) is 0 Å². The van der Waals surface area contributed by atoms with Crippen LogP contribution < -0.4 is 4.90 Å². The van der Waals surface area contributed by atoms with E-state index in [1.165, 1.54) is 12.8 Å². The van der Waals surface area contributed by atoms with E-state index in [2.05, 4.69) is 23.7 Å². The minimum absolute atomic E-state index is 0.0731. The van der Waals surface area contributed by atoms with Gasteiger partial charge in [0.1, 0.15) is 5.82 Å². The van der Waals surface area contributed by atoms with Crippen LogP contribution in [0.4, 0.5) is 5.82 Å². The Morgan fingerprint density at radius 3 is 2.93 bits per heavy atom. The zero-order valence-corrected chi connectivity index (χ0v) is 9.40. The molecular formula is C12H18N2O. The van der Waals surface area contributed by atoms with Gasteiger partial charge in [-0.1, -0.05) is 0 Å². The summed E-state index contributed by atoms with van der Waals surface area (Å²) in [5.41, 5.74) is 2.05. The topological polar surface area (TPSA) is 36.4 Å². The van der Waals surface area contributed by atoms with Crippen molar-refractivity contribution < 1.29 is 5.11 Å². The molecule has 1 saturated heterocycles. The van der Waals surface area contributed by atoms with Gasteiger partial charge in [-0.25, -0.2) is 4.98 Å². The first-order valence-corrected chi connectivity index (χ1v) is 5.55. The van der Waals surface area contributed by atoms with Crippen LogP contribution in [-0.4, -0.2) is 22.7 Å². The van der Waals surface area contributed by atoms with Crippen LogP contribution in [0, 0.1) is 6.92 Å². The molecule has 0 radical (unpaired) electrons. The lowest BCUT2D eigenvalue weighted by Gasteiger charge is -2.24. The fourth-order valence-electron chi connectivity index (χ4n) is 2.26. The molecule has 2 rings (SSSR count). The fraction of sp³-hybridized carbons (Fsp3) is 0.583. The summed E-state index contributed by atoms with van der Waals surface area (Å²) >= 11 is 0. The Morgan fingerprint density at radius 1 is 1.60 bits per heavy atom. The molecule has 3 nitrogen and oxygen atoms in total. The zero-order chi connectivity index (χ0) is 10.8. The molecule has 1 N–H and O–H groups in total. The summed E-state index contributed by atoms with van der Waals surface area (Å²) in [6.07, 6.45) is 4.28. The lowest BCUT2D eigenvalue weighted by molar-refractivity contribution is 0.281. The van der Waals surface area contributed by atoms with Crippen LogP contribution in [0.3, 0.4) is 0 Å². The molecule has 1 aromatic rings. The van der Waals surface area contributed by atoms with Gasteiger partial charge in [-0.05, 0) is 43.9 Å². The maximum absolute atomic E-state index is 9.02. The molecule has 0 amide bonds. The van der Waals surface area contributed by atoms with Gasteiger partial charge in [0, 0.05) is 18.8 Å². The summed E-state index contributed by atoms with van der Waals surface area (Å²) in [7, 11) is 0. The van der Waals surface area contributed by atoms with Gasteiger partial charge in [-0.15, -0.1) is 0 Å². The van der Waals surface area contributed by atoms with Crippen LogP contribution >= 0.6 is 0 Å². The molecule has 1 aliphatic heterocycles. The van der Waals surface area contributed by atoms with Gasteiger partial charge in [0.2, 0.25) is 0 Å². The number of hydrogen-bond acceptors (Lipinski definition) is 3. The number of aliphatic hydroxyl groups is 1. The predicted octanol–water partition coefficient (Wildman–Crippen LogP) is 1.87. The van der Waals surface area contributed by atoms with E-state index in [9.17, 15) is 0 Å². The molecule has 0 spiro atoms. The Morgan fingerprint density at radius 2 is 2.40 bits per heavy atom. The van der Waals surface area contributed by atoms with E-state index in [4.69, 9.17) is 5.11 Å². The highest BCUT2D eigenvalue weighted by molar-refractivity contribution is 5.48. The number of aryl methyl sites for hydroxylation is 1.